The lowest BCUT2D eigenvalue weighted by Crippen LogP contribution is -2.26. The fraction of sp³-hybridized carbons (Fsp3) is 0.250. The Morgan fingerprint density at radius 3 is 2.62 bits per heavy atom. The van der Waals surface area contributed by atoms with E-state index in [9.17, 15) is 5.11 Å². The summed E-state index contributed by atoms with van der Waals surface area (Å²) in [6.07, 6.45) is 1.47. The molecule has 0 heterocycles. The largest absolute Gasteiger partial charge is 0.491 e. The molecule has 0 aliphatic rings. The minimum atomic E-state index is -0.566. The molecule has 0 bridgehead atoms. The van der Waals surface area contributed by atoms with Crippen molar-refractivity contribution in [1.82, 2.24) is 0 Å². The highest BCUT2D eigenvalue weighted by atomic mass is 79.9. The zero-order valence-electron chi connectivity index (χ0n) is 11.8. The fourth-order valence-electron chi connectivity index (χ4n) is 1.80. The van der Waals surface area contributed by atoms with E-state index >= 15 is 0 Å². The van der Waals surface area contributed by atoms with Crippen molar-refractivity contribution in [3.05, 3.63) is 53.0 Å². The number of halogens is 1. The summed E-state index contributed by atoms with van der Waals surface area (Å²) in [5.41, 5.74) is 1.03. The van der Waals surface area contributed by atoms with Crippen molar-refractivity contribution in [2.45, 2.75) is 11.0 Å². The Hall–Kier alpha value is -1.17. The molecular formula is C16H18BrNO2S. The fourth-order valence-corrected chi connectivity index (χ4v) is 2.64. The maximum atomic E-state index is 9.99. The number of aliphatic hydroxyl groups excluding tert-OH is 1. The van der Waals surface area contributed by atoms with Crippen molar-refractivity contribution in [2.24, 2.45) is 0 Å². The van der Waals surface area contributed by atoms with Gasteiger partial charge in [-0.05, 0) is 42.7 Å². The Bertz CT molecular complexity index is 562. The Morgan fingerprint density at radius 1 is 1.19 bits per heavy atom. The quantitative estimate of drug-likeness (QED) is 0.725. The van der Waals surface area contributed by atoms with Crippen LogP contribution in [0.4, 0.5) is 5.69 Å². The van der Waals surface area contributed by atoms with E-state index in [-0.39, 0.29) is 6.61 Å². The van der Waals surface area contributed by atoms with Gasteiger partial charge in [-0.1, -0.05) is 28.1 Å². The van der Waals surface area contributed by atoms with Gasteiger partial charge in [-0.25, -0.2) is 0 Å². The number of aliphatic hydroxyl groups is 1. The van der Waals surface area contributed by atoms with Crippen LogP contribution in [0, 0.1) is 0 Å². The Labute approximate surface area is 137 Å². The molecule has 2 N–H and O–H groups in total. The predicted octanol–water partition coefficient (Wildman–Crippen LogP) is 4.02. The van der Waals surface area contributed by atoms with Crippen LogP contribution in [0.1, 0.15) is 0 Å². The molecule has 0 aromatic heterocycles. The Balaban J connectivity index is 1.79. The van der Waals surface area contributed by atoms with E-state index in [1.165, 1.54) is 4.90 Å². The van der Waals surface area contributed by atoms with Gasteiger partial charge in [0.25, 0.3) is 0 Å². The van der Waals surface area contributed by atoms with Gasteiger partial charge in [-0.15, -0.1) is 11.8 Å². The lowest BCUT2D eigenvalue weighted by atomic mass is 10.3. The summed E-state index contributed by atoms with van der Waals surface area (Å²) in [4.78, 5) is 1.17. The van der Waals surface area contributed by atoms with Crippen molar-refractivity contribution >= 4 is 33.4 Å². The van der Waals surface area contributed by atoms with Crippen molar-refractivity contribution < 1.29 is 9.84 Å². The lowest BCUT2D eigenvalue weighted by Gasteiger charge is -2.15. The third-order valence-corrected chi connectivity index (χ3v) is 4.22. The zero-order valence-corrected chi connectivity index (χ0v) is 14.2. The van der Waals surface area contributed by atoms with Crippen LogP contribution in [0.15, 0.2) is 57.9 Å². The molecule has 0 spiro atoms. The maximum Gasteiger partial charge on any atom is 0.119 e. The Morgan fingerprint density at radius 2 is 1.90 bits per heavy atom. The summed E-state index contributed by atoms with van der Waals surface area (Å²) in [5.74, 6) is 0.752. The summed E-state index contributed by atoms with van der Waals surface area (Å²) in [6, 6.07) is 15.6. The molecule has 0 saturated heterocycles. The van der Waals surface area contributed by atoms with E-state index in [0.717, 1.165) is 15.9 Å². The third kappa shape index (κ3) is 5.26. The molecule has 1 atom stereocenters. The van der Waals surface area contributed by atoms with Gasteiger partial charge >= 0.3 is 0 Å². The summed E-state index contributed by atoms with van der Waals surface area (Å²) >= 11 is 5.05. The maximum absolute atomic E-state index is 9.99. The van der Waals surface area contributed by atoms with Crippen LogP contribution in [0.5, 0.6) is 5.75 Å². The molecule has 0 aliphatic carbocycles. The summed E-state index contributed by atoms with van der Waals surface area (Å²) in [7, 11) is 0. The van der Waals surface area contributed by atoms with Gasteiger partial charge in [0.05, 0.1) is 0 Å². The average molecular weight is 368 g/mol. The smallest absolute Gasteiger partial charge is 0.119 e. The van der Waals surface area contributed by atoms with Gasteiger partial charge in [0.1, 0.15) is 18.5 Å². The number of hydrogen-bond donors (Lipinski definition) is 2. The van der Waals surface area contributed by atoms with Crippen LogP contribution in [0.25, 0.3) is 0 Å². The normalized spacial score (nSPS) is 12.0. The molecule has 5 heteroatoms. The van der Waals surface area contributed by atoms with Crippen LogP contribution >= 0.6 is 27.7 Å². The van der Waals surface area contributed by atoms with E-state index < -0.39 is 6.10 Å². The highest BCUT2D eigenvalue weighted by Gasteiger charge is 2.07. The molecule has 21 heavy (non-hydrogen) atoms. The number of thioether (sulfide) groups is 1. The van der Waals surface area contributed by atoms with Crippen molar-refractivity contribution in [2.75, 3.05) is 24.7 Å². The van der Waals surface area contributed by atoms with Crippen LogP contribution in [-0.2, 0) is 0 Å². The molecule has 0 radical (unpaired) electrons. The topological polar surface area (TPSA) is 41.5 Å². The number of ether oxygens (including phenoxy) is 1. The second kappa shape index (κ2) is 8.32. The first-order valence-electron chi connectivity index (χ1n) is 6.62. The van der Waals surface area contributed by atoms with E-state index in [2.05, 4.69) is 27.3 Å². The molecule has 0 fully saturated rings. The van der Waals surface area contributed by atoms with Crippen molar-refractivity contribution in [3.8, 4) is 5.75 Å². The Kier molecular flexibility index (Phi) is 6.42. The van der Waals surface area contributed by atoms with E-state index in [0.29, 0.717) is 6.54 Å². The van der Waals surface area contributed by atoms with Gasteiger partial charge in [0.15, 0.2) is 0 Å². The van der Waals surface area contributed by atoms with Crippen molar-refractivity contribution in [3.63, 3.8) is 0 Å². The lowest BCUT2D eigenvalue weighted by molar-refractivity contribution is 0.117. The zero-order chi connectivity index (χ0) is 15.1. The number of nitrogens with one attached hydrogen (secondary N) is 1. The molecule has 0 amide bonds. The van der Waals surface area contributed by atoms with Gasteiger partial charge in [0.2, 0.25) is 0 Å². The minimum Gasteiger partial charge on any atom is -0.491 e. The van der Waals surface area contributed by atoms with Crippen LogP contribution in [-0.4, -0.2) is 30.6 Å². The molecular weight excluding hydrogens is 350 g/mol. The standard InChI is InChI=1S/C16H18BrNO2S/c1-21-16-5-3-2-4-15(16)18-10-13(19)11-20-14-8-6-12(17)7-9-14/h2-9,13,18-19H,10-11H2,1H3. The summed E-state index contributed by atoms with van der Waals surface area (Å²) in [5, 5.41) is 13.2. The molecule has 0 saturated carbocycles. The number of para-hydroxylation sites is 1. The van der Waals surface area contributed by atoms with E-state index in [1.807, 2.05) is 48.7 Å². The molecule has 2 aromatic carbocycles. The molecule has 1 unspecified atom stereocenters. The van der Waals surface area contributed by atoms with Crippen LogP contribution in [0.3, 0.4) is 0 Å². The SMILES string of the molecule is CSc1ccccc1NCC(O)COc1ccc(Br)cc1. The first-order chi connectivity index (χ1) is 10.2. The number of rotatable bonds is 7. The number of hydrogen-bond acceptors (Lipinski definition) is 4. The third-order valence-electron chi connectivity index (χ3n) is 2.89. The van der Waals surface area contributed by atoms with Gasteiger partial charge in [-0.2, -0.15) is 0 Å². The van der Waals surface area contributed by atoms with E-state index in [4.69, 9.17) is 4.74 Å². The van der Waals surface area contributed by atoms with Gasteiger partial charge < -0.3 is 15.2 Å². The molecule has 0 aliphatic heterocycles. The molecule has 112 valence electrons. The first-order valence-corrected chi connectivity index (χ1v) is 8.64. The predicted molar refractivity (Wildman–Crippen MR) is 92.4 cm³/mol. The first kappa shape index (κ1) is 16.2. The second-order valence-electron chi connectivity index (χ2n) is 4.50. The molecule has 3 nitrogen and oxygen atoms in total. The van der Waals surface area contributed by atoms with Crippen LogP contribution < -0.4 is 10.1 Å². The number of anilines is 1. The average Bonchev–Trinajstić information content (AvgIpc) is 2.52. The highest BCUT2D eigenvalue weighted by molar-refractivity contribution is 9.10. The highest BCUT2D eigenvalue weighted by Crippen LogP contribution is 2.24. The monoisotopic (exact) mass is 367 g/mol. The number of benzene rings is 2. The second-order valence-corrected chi connectivity index (χ2v) is 6.26. The van der Waals surface area contributed by atoms with Gasteiger partial charge in [0, 0.05) is 21.6 Å². The van der Waals surface area contributed by atoms with Gasteiger partial charge in [-0.3, -0.25) is 0 Å². The van der Waals surface area contributed by atoms with E-state index in [1.54, 1.807) is 11.8 Å². The molecule has 2 aromatic rings. The summed E-state index contributed by atoms with van der Waals surface area (Å²) < 4.78 is 6.56. The van der Waals surface area contributed by atoms with Crippen molar-refractivity contribution in [1.29, 1.82) is 0 Å². The molecule has 2 rings (SSSR count). The summed E-state index contributed by atoms with van der Waals surface area (Å²) in [6.45, 7) is 0.712. The van der Waals surface area contributed by atoms with Crippen LogP contribution in [0.2, 0.25) is 0 Å². The minimum absolute atomic E-state index is 0.260.